The molecule has 0 saturated heterocycles. The fraction of sp³-hybridized carbons (Fsp3) is 0.565. The van der Waals surface area contributed by atoms with Crippen LogP contribution in [0.25, 0.3) is 0 Å². The number of unbranched alkanes of at least 4 members (excludes halogenated alkanes) is 7. The fourth-order valence-corrected chi connectivity index (χ4v) is 4.02. The molecule has 0 amide bonds. The molecule has 3 rings (SSSR count). The minimum atomic E-state index is -1.07. The minimum absolute atomic E-state index is 0. The highest BCUT2D eigenvalue weighted by atomic mass is 79.9. The maximum atomic E-state index is 11.6. The molecule has 1 aliphatic heterocycles. The molecule has 29 heavy (non-hydrogen) atoms. The first-order chi connectivity index (χ1) is 13.7. The number of benzene rings is 1. The highest BCUT2D eigenvalue weighted by Crippen LogP contribution is 2.34. The number of rotatable bonds is 11. The highest BCUT2D eigenvalue weighted by molar-refractivity contribution is 5.40. The van der Waals surface area contributed by atoms with Crippen molar-refractivity contribution < 1.29 is 31.4 Å². The fourth-order valence-electron chi connectivity index (χ4n) is 4.02. The molecule has 160 valence electrons. The number of hydrogen-bond acceptors (Lipinski definition) is 4. The van der Waals surface area contributed by atoms with E-state index in [4.69, 9.17) is 4.74 Å². The zero-order valence-electron chi connectivity index (χ0n) is 17.7. The van der Waals surface area contributed by atoms with Gasteiger partial charge in [0.05, 0.1) is 19.9 Å². The molecule has 2 heterocycles. The Labute approximate surface area is 185 Å². The van der Waals surface area contributed by atoms with E-state index in [1.165, 1.54) is 44.9 Å². The number of ether oxygens (including phenoxy) is 1. The number of methoxy groups -OCH3 is 1. The van der Waals surface area contributed by atoms with Crippen LogP contribution in [0.3, 0.4) is 0 Å². The van der Waals surface area contributed by atoms with E-state index in [-0.39, 0.29) is 17.0 Å². The molecule has 0 saturated carbocycles. The molecule has 0 spiro atoms. The smallest absolute Gasteiger partial charge is 0.396 e. The summed E-state index contributed by atoms with van der Waals surface area (Å²) in [5, 5.41) is 11.6. The molecule has 5 nitrogen and oxygen atoms in total. The molecule has 0 fully saturated rings. The van der Waals surface area contributed by atoms with Gasteiger partial charge in [0.25, 0.3) is 0 Å². The van der Waals surface area contributed by atoms with Crippen molar-refractivity contribution in [2.24, 2.45) is 0 Å². The van der Waals surface area contributed by atoms with Gasteiger partial charge in [0.2, 0.25) is 5.72 Å². The Kier molecular flexibility index (Phi) is 9.37. The van der Waals surface area contributed by atoms with Gasteiger partial charge in [0.1, 0.15) is 18.5 Å². The molecule has 0 aliphatic carbocycles. The Morgan fingerprint density at radius 2 is 1.72 bits per heavy atom. The predicted octanol–water partition coefficient (Wildman–Crippen LogP) is 1.19. The zero-order valence-corrected chi connectivity index (χ0v) is 19.3. The molecular weight excluding hydrogens is 430 g/mol. The third-order valence-electron chi connectivity index (χ3n) is 5.67. The van der Waals surface area contributed by atoms with Gasteiger partial charge in [-0.3, -0.25) is 0 Å². The molecule has 0 bridgehead atoms. The Hall–Kier alpha value is -1.66. The number of nitrogens with zero attached hydrogens (tertiary/aromatic N) is 3. The molecule has 1 aromatic heterocycles. The molecule has 1 aromatic carbocycles. The Morgan fingerprint density at radius 3 is 2.38 bits per heavy atom. The number of aliphatic hydroxyl groups is 1. The summed E-state index contributed by atoms with van der Waals surface area (Å²) in [6, 6.07) is 9.63. The Balaban J connectivity index is 0.00000300. The topological polar surface area (TPSA) is 49.5 Å². The number of hydrogen-bond donors (Lipinski definition) is 1. The van der Waals surface area contributed by atoms with Crippen molar-refractivity contribution in [1.29, 1.82) is 0 Å². The van der Waals surface area contributed by atoms with Crippen molar-refractivity contribution in [3.8, 4) is 5.75 Å². The zero-order chi connectivity index (χ0) is 19.8. The van der Waals surface area contributed by atoms with Crippen molar-refractivity contribution in [3.63, 3.8) is 0 Å². The van der Waals surface area contributed by atoms with Gasteiger partial charge in [0.15, 0.2) is 0 Å². The molecule has 6 heteroatoms. The number of fused-ring (bicyclic) bond motifs is 1. The van der Waals surface area contributed by atoms with Crippen LogP contribution in [-0.2, 0) is 12.3 Å². The standard InChI is InChI=1S/C23H34N3O2.BrH/c1-3-4-5-6-7-8-9-10-18-26-22-24-16-11-17-25(22)19-23(26,27)20-12-14-21(28-2)15-13-20;/h11-17,27H,3-10,18-19H2,1-2H3;1H/q+1;/p-1. The molecular formula is C23H34BrN3O2. The lowest BCUT2D eigenvalue weighted by Gasteiger charge is -2.28. The van der Waals surface area contributed by atoms with E-state index in [0.29, 0.717) is 6.54 Å². The molecule has 1 aliphatic rings. The summed E-state index contributed by atoms with van der Waals surface area (Å²) < 4.78 is 7.30. The van der Waals surface area contributed by atoms with E-state index in [9.17, 15) is 5.11 Å². The maximum absolute atomic E-state index is 11.6. The lowest BCUT2D eigenvalue weighted by Crippen LogP contribution is -3.00. The van der Waals surface area contributed by atoms with Crippen molar-refractivity contribution in [2.75, 3.05) is 18.6 Å². The minimum Gasteiger partial charge on any atom is -1.00 e. The van der Waals surface area contributed by atoms with Crippen LogP contribution in [-0.4, -0.2) is 23.7 Å². The van der Waals surface area contributed by atoms with E-state index in [1.807, 2.05) is 41.1 Å². The monoisotopic (exact) mass is 463 g/mol. The predicted molar refractivity (Wildman–Crippen MR) is 111 cm³/mol. The third kappa shape index (κ3) is 5.70. The highest BCUT2D eigenvalue weighted by Gasteiger charge is 2.51. The molecule has 1 unspecified atom stereocenters. The van der Waals surface area contributed by atoms with Gasteiger partial charge in [-0.2, -0.15) is 0 Å². The summed E-state index contributed by atoms with van der Waals surface area (Å²) in [5.41, 5.74) is -0.201. The van der Waals surface area contributed by atoms with Crippen molar-refractivity contribution in [2.45, 2.75) is 70.6 Å². The van der Waals surface area contributed by atoms with Crippen LogP contribution < -0.4 is 31.2 Å². The van der Waals surface area contributed by atoms with Crippen molar-refractivity contribution in [3.05, 3.63) is 48.3 Å². The first kappa shape index (κ1) is 23.6. The molecule has 2 aromatic rings. The lowest BCUT2D eigenvalue weighted by atomic mass is 10.0. The van der Waals surface area contributed by atoms with Crippen LogP contribution in [0.1, 0.15) is 63.9 Å². The second kappa shape index (κ2) is 11.5. The normalized spacial score (nSPS) is 17.7. The largest absolute Gasteiger partial charge is 1.00 e. The van der Waals surface area contributed by atoms with E-state index in [1.54, 1.807) is 13.3 Å². The average molecular weight is 464 g/mol. The summed E-state index contributed by atoms with van der Waals surface area (Å²) in [7, 11) is 1.66. The van der Waals surface area contributed by atoms with Crippen LogP contribution in [0.2, 0.25) is 0 Å². The van der Waals surface area contributed by atoms with E-state index in [2.05, 4.69) is 16.8 Å². The second-order valence-corrected chi connectivity index (χ2v) is 7.72. The molecule has 1 N–H and O–H groups in total. The number of aromatic nitrogens is 2. The summed E-state index contributed by atoms with van der Waals surface area (Å²) in [4.78, 5) is 6.61. The average Bonchev–Trinajstić information content (AvgIpc) is 3.02. The van der Waals surface area contributed by atoms with E-state index in [0.717, 1.165) is 30.2 Å². The van der Waals surface area contributed by atoms with Gasteiger partial charge in [-0.15, -0.1) is 0 Å². The van der Waals surface area contributed by atoms with Crippen LogP contribution in [0.15, 0.2) is 42.7 Å². The molecule has 0 radical (unpaired) electrons. The van der Waals surface area contributed by atoms with E-state index < -0.39 is 5.72 Å². The second-order valence-electron chi connectivity index (χ2n) is 7.72. The molecule has 1 atom stereocenters. The van der Waals surface area contributed by atoms with Gasteiger partial charge >= 0.3 is 5.95 Å². The van der Waals surface area contributed by atoms with Crippen LogP contribution in [0.4, 0.5) is 5.95 Å². The number of anilines is 1. The van der Waals surface area contributed by atoms with E-state index >= 15 is 0 Å². The summed E-state index contributed by atoms with van der Waals surface area (Å²) >= 11 is 0. The first-order valence-corrected chi connectivity index (χ1v) is 10.7. The van der Waals surface area contributed by atoms with Crippen LogP contribution >= 0.6 is 0 Å². The van der Waals surface area contributed by atoms with Crippen LogP contribution in [0, 0.1) is 0 Å². The quantitative estimate of drug-likeness (QED) is 0.401. The summed E-state index contributed by atoms with van der Waals surface area (Å²) in [6.07, 6.45) is 14.0. The third-order valence-corrected chi connectivity index (χ3v) is 5.67. The first-order valence-electron chi connectivity index (χ1n) is 10.7. The SMILES string of the molecule is CCCCCCCCCCN1c2nccc[n+]2CC1(O)c1ccc(OC)cc1.[Br-]. The number of halogens is 1. The Morgan fingerprint density at radius 1 is 1.07 bits per heavy atom. The Bertz CT molecular complexity index is 741. The van der Waals surface area contributed by atoms with Crippen molar-refractivity contribution in [1.82, 2.24) is 4.98 Å². The van der Waals surface area contributed by atoms with Gasteiger partial charge in [-0.1, -0.05) is 56.9 Å². The van der Waals surface area contributed by atoms with Gasteiger partial charge < -0.3 is 26.8 Å². The summed E-state index contributed by atoms with van der Waals surface area (Å²) in [5.74, 6) is 1.63. The summed E-state index contributed by atoms with van der Waals surface area (Å²) in [6.45, 7) is 3.54. The lowest BCUT2D eigenvalue weighted by molar-refractivity contribution is -0.685. The van der Waals surface area contributed by atoms with Crippen LogP contribution in [0.5, 0.6) is 5.75 Å². The van der Waals surface area contributed by atoms with Crippen molar-refractivity contribution >= 4 is 5.95 Å². The van der Waals surface area contributed by atoms with Gasteiger partial charge in [-0.05, 0) is 30.7 Å². The maximum Gasteiger partial charge on any atom is 0.396 e. The van der Waals surface area contributed by atoms with Gasteiger partial charge in [0, 0.05) is 11.6 Å². The van der Waals surface area contributed by atoms with Gasteiger partial charge in [-0.25, -0.2) is 9.47 Å².